The third kappa shape index (κ3) is 5.43. The van der Waals surface area contributed by atoms with Crippen LogP contribution in [0.2, 0.25) is 0 Å². The van der Waals surface area contributed by atoms with Crippen LogP contribution in [0.3, 0.4) is 0 Å². The van der Waals surface area contributed by atoms with Crippen LogP contribution in [-0.4, -0.2) is 29.2 Å². The van der Waals surface area contributed by atoms with E-state index in [4.69, 9.17) is 9.72 Å². The zero-order valence-corrected chi connectivity index (χ0v) is 19.5. The minimum atomic E-state index is -0.157. The fourth-order valence-corrected chi connectivity index (χ4v) is 4.11. The molecule has 5 nitrogen and oxygen atoms in total. The van der Waals surface area contributed by atoms with Crippen LogP contribution in [0.15, 0.2) is 66.7 Å². The molecule has 0 N–H and O–H groups in total. The summed E-state index contributed by atoms with van der Waals surface area (Å²) in [5.74, 6) is 1.58. The van der Waals surface area contributed by atoms with Crippen molar-refractivity contribution in [3.63, 3.8) is 0 Å². The molecule has 3 aromatic carbocycles. The number of hydrogen-bond donors (Lipinski definition) is 0. The van der Waals surface area contributed by atoms with Gasteiger partial charge in [0.15, 0.2) is 0 Å². The van der Waals surface area contributed by atoms with Crippen molar-refractivity contribution in [2.75, 3.05) is 13.7 Å². The second-order valence-electron chi connectivity index (χ2n) is 8.37. The minimum Gasteiger partial charge on any atom is -0.494 e. The average molecular weight is 443 g/mol. The number of unbranched alkanes of at least 4 members (excludes halogenated alkanes) is 2. The smallest absolute Gasteiger partial charge is 0.305 e. The molecule has 1 heterocycles. The third-order valence-corrected chi connectivity index (χ3v) is 5.64. The highest BCUT2D eigenvalue weighted by molar-refractivity contribution is 5.84. The van der Waals surface area contributed by atoms with Gasteiger partial charge in [0, 0.05) is 23.7 Å². The lowest BCUT2D eigenvalue weighted by Crippen LogP contribution is -2.02. The van der Waals surface area contributed by atoms with Crippen molar-refractivity contribution >= 4 is 17.0 Å². The maximum atomic E-state index is 11.2. The van der Waals surface area contributed by atoms with Crippen LogP contribution in [0.1, 0.15) is 36.8 Å². The Kier molecular flexibility index (Phi) is 7.08. The molecule has 0 radical (unpaired) electrons. The number of ether oxygens (including phenoxy) is 2. The van der Waals surface area contributed by atoms with Gasteiger partial charge in [0.1, 0.15) is 11.6 Å². The summed E-state index contributed by atoms with van der Waals surface area (Å²) in [6.07, 6.45) is 3.09. The highest BCUT2D eigenvalue weighted by Gasteiger charge is 2.15. The van der Waals surface area contributed by atoms with Gasteiger partial charge in [-0.15, -0.1) is 0 Å². The van der Waals surface area contributed by atoms with Gasteiger partial charge in [-0.3, -0.25) is 9.36 Å². The highest BCUT2D eigenvalue weighted by atomic mass is 16.5. The first kappa shape index (κ1) is 22.6. The van der Waals surface area contributed by atoms with Crippen molar-refractivity contribution in [2.45, 2.75) is 39.5 Å². The Morgan fingerprint density at radius 2 is 1.67 bits per heavy atom. The van der Waals surface area contributed by atoms with E-state index in [1.54, 1.807) is 0 Å². The van der Waals surface area contributed by atoms with Gasteiger partial charge in [-0.05, 0) is 68.5 Å². The summed E-state index contributed by atoms with van der Waals surface area (Å²) in [5.41, 5.74) is 6.53. The van der Waals surface area contributed by atoms with E-state index < -0.39 is 0 Å². The van der Waals surface area contributed by atoms with Crippen molar-refractivity contribution < 1.29 is 14.3 Å². The lowest BCUT2D eigenvalue weighted by atomic mass is 10.1. The minimum absolute atomic E-state index is 0.157. The first-order valence-electron chi connectivity index (χ1n) is 11.4. The first-order valence-corrected chi connectivity index (χ1v) is 11.4. The zero-order valence-electron chi connectivity index (χ0n) is 19.5. The zero-order chi connectivity index (χ0) is 23.2. The number of benzene rings is 3. The second kappa shape index (κ2) is 10.3. The maximum Gasteiger partial charge on any atom is 0.305 e. The lowest BCUT2D eigenvalue weighted by molar-refractivity contribution is -0.140. The quantitative estimate of drug-likeness (QED) is 0.222. The Hall–Kier alpha value is -3.60. The molecule has 0 saturated heterocycles. The fourth-order valence-electron chi connectivity index (χ4n) is 4.11. The van der Waals surface area contributed by atoms with Crippen LogP contribution in [0, 0.1) is 13.8 Å². The molecule has 0 aliphatic heterocycles. The van der Waals surface area contributed by atoms with E-state index in [9.17, 15) is 4.79 Å². The number of rotatable bonds is 9. The number of methoxy groups -OCH3 is 1. The largest absolute Gasteiger partial charge is 0.494 e. The molecule has 170 valence electrons. The van der Waals surface area contributed by atoms with Gasteiger partial charge in [0.2, 0.25) is 0 Å². The van der Waals surface area contributed by atoms with Gasteiger partial charge >= 0.3 is 5.97 Å². The number of carbonyl (C=O) groups is 1. The fraction of sp³-hybridized carbons (Fsp3) is 0.286. The number of imidazole rings is 1. The molecule has 0 aliphatic carbocycles. The summed E-state index contributed by atoms with van der Waals surface area (Å²) in [7, 11) is 1.42. The topological polar surface area (TPSA) is 53.4 Å². The van der Waals surface area contributed by atoms with Crippen LogP contribution < -0.4 is 4.74 Å². The Morgan fingerprint density at radius 3 is 2.39 bits per heavy atom. The van der Waals surface area contributed by atoms with E-state index in [2.05, 4.69) is 59.5 Å². The Labute approximate surface area is 195 Å². The van der Waals surface area contributed by atoms with Crippen LogP contribution in [0.5, 0.6) is 5.75 Å². The number of carbonyl (C=O) groups excluding carboxylic acids is 1. The molecule has 0 aliphatic rings. The first-order chi connectivity index (χ1) is 16.0. The number of esters is 1. The molecular weight excluding hydrogens is 412 g/mol. The Bertz CT molecular complexity index is 1220. The molecule has 0 atom stereocenters. The molecule has 0 spiro atoms. The molecule has 0 bridgehead atoms. The summed E-state index contributed by atoms with van der Waals surface area (Å²) in [5, 5.41) is 0. The maximum absolute atomic E-state index is 11.2. The monoisotopic (exact) mass is 442 g/mol. The average Bonchev–Trinajstić information content (AvgIpc) is 3.20. The normalized spacial score (nSPS) is 11.0. The van der Waals surface area contributed by atoms with Gasteiger partial charge in [0.25, 0.3) is 0 Å². The van der Waals surface area contributed by atoms with Gasteiger partial charge in [-0.1, -0.05) is 36.4 Å². The summed E-state index contributed by atoms with van der Waals surface area (Å²) in [6, 6.07) is 22.9. The van der Waals surface area contributed by atoms with Crippen LogP contribution in [0.4, 0.5) is 0 Å². The number of aryl methyl sites for hydroxylation is 2. The highest BCUT2D eigenvalue weighted by Crippen LogP contribution is 2.31. The van der Waals surface area contributed by atoms with Crippen LogP contribution in [-0.2, 0) is 9.53 Å². The molecule has 5 heteroatoms. The van der Waals surface area contributed by atoms with Crippen molar-refractivity contribution in [2.24, 2.45) is 0 Å². The van der Waals surface area contributed by atoms with Gasteiger partial charge < -0.3 is 9.47 Å². The summed E-state index contributed by atoms with van der Waals surface area (Å²) < 4.78 is 12.9. The molecule has 0 amide bonds. The molecule has 4 aromatic rings. The van der Waals surface area contributed by atoms with Crippen molar-refractivity contribution in [3.8, 4) is 22.8 Å². The van der Waals surface area contributed by atoms with Crippen molar-refractivity contribution in [1.29, 1.82) is 0 Å². The Morgan fingerprint density at radius 1 is 0.909 bits per heavy atom. The molecule has 0 fully saturated rings. The molecule has 33 heavy (non-hydrogen) atoms. The summed E-state index contributed by atoms with van der Waals surface area (Å²) in [6.45, 7) is 4.84. The van der Waals surface area contributed by atoms with E-state index in [0.29, 0.717) is 13.0 Å². The molecule has 0 saturated carbocycles. The van der Waals surface area contributed by atoms with E-state index in [1.807, 2.05) is 30.3 Å². The number of aromatic nitrogens is 2. The molecule has 0 unspecified atom stereocenters. The van der Waals surface area contributed by atoms with Crippen molar-refractivity contribution in [1.82, 2.24) is 9.55 Å². The van der Waals surface area contributed by atoms with E-state index in [0.717, 1.165) is 53.1 Å². The van der Waals surface area contributed by atoms with E-state index in [1.165, 1.54) is 18.2 Å². The van der Waals surface area contributed by atoms with E-state index in [-0.39, 0.29) is 5.97 Å². The molecular formula is C28H30N2O3. The van der Waals surface area contributed by atoms with Crippen molar-refractivity contribution in [3.05, 3.63) is 77.9 Å². The standard InChI is InChI=1S/C28H30N2O3/c1-20-16-21(2)18-23(17-20)30-26-19-24(33-15-9-5-8-12-27(31)32-3)13-14-25(26)29-28(30)22-10-6-4-7-11-22/h4,6-7,10-11,13-14,16-19H,5,8-9,12,15H2,1-3H3. The number of nitrogens with zero attached hydrogens (tertiary/aromatic N) is 2. The Balaban J connectivity index is 1.62. The predicted octanol–water partition coefficient (Wildman–Crippen LogP) is 6.42. The second-order valence-corrected chi connectivity index (χ2v) is 8.37. The molecule has 4 rings (SSSR count). The van der Waals surface area contributed by atoms with Crippen LogP contribution >= 0.6 is 0 Å². The predicted molar refractivity (Wildman–Crippen MR) is 132 cm³/mol. The third-order valence-electron chi connectivity index (χ3n) is 5.64. The van der Waals surface area contributed by atoms with Crippen LogP contribution in [0.25, 0.3) is 28.1 Å². The summed E-state index contributed by atoms with van der Waals surface area (Å²) in [4.78, 5) is 16.2. The SMILES string of the molecule is COC(=O)CCCCCOc1ccc2nc(-c3ccccc3)n(-c3cc(C)cc(C)c3)c2c1. The van der Waals surface area contributed by atoms with Gasteiger partial charge in [-0.2, -0.15) is 0 Å². The lowest BCUT2D eigenvalue weighted by Gasteiger charge is -2.12. The number of fused-ring (bicyclic) bond motifs is 1. The van der Waals surface area contributed by atoms with Gasteiger partial charge in [0.05, 0.1) is 24.8 Å². The van der Waals surface area contributed by atoms with Gasteiger partial charge in [-0.25, -0.2) is 4.98 Å². The number of hydrogen-bond acceptors (Lipinski definition) is 4. The molecule has 1 aromatic heterocycles. The van der Waals surface area contributed by atoms with E-state index >= 15 is 0 Å². The summed E-state index contributed by atoms with van der Waals surface area (Å²) >= 11 is 0.